The molecule has 0 bridgehead atoms. The van der Waals surface area contributed by atoms with E-state index in [2.05, 4.69) is 10.6 Å². The number of methoxy groups -OCH3 is 1. The maximum Gasteiger partial charge on any atom is 0.224 e. The fourth-order valence-corrected chi connectivity index (χ4v) is 1.82. The van der Waals surface area contributed by atoms with Gasteiger partial charge in [-0.25, -0.2) is 0 Å². The summed E-state index contributed by atoms with van der Waals surface area (Å²) < 4.78 is 4.77. The van der Waals surface area contributed by atoms with E-state index < -0.39 is 6.10 Å². The Labute approximate surface area is 90.2 Å². The van der Waals surface area contributed by atoms with Crippen molar-refractivity contribution < 1.29 is 14.6 Å². The summed E-state index contributed by atoms with van der Waals surface area (Å²) in [5.41, 5.74) is 0. The maximum absolute atomic E-state index is 11.7. The van der Waals surface area contributed by atoms with Gasteiger partial charge >= 0.3 is 0 Å². The van der Waals surface area contributed by atoms with Crippen LogP contribution in [0.4, 0.5) is 0 Å². The number of hydrogen-bond donors (Lipinski definition) is 3. The molecule has 0 aromatic heterocycles. The Hall–Kier alpha value is -0.650. The van der Waals surface area contributed by atoms with Crippen molar-refractivity contribution in [1.82, 2.24) is 10.6 Å². The average Bonchev–Trinajstić information content (AvgIpc) is 2.61. The quantitative estimate of drug-likeness (QED) is 0.557. The predicted octanol–water partition coefficient (Wildman–Crippen LogP) is -0.892. The number of nitrogens with one attached hydrogen (secondary N) is 2. The van der Waals surface area contributed by atoms with Gasteiger partial charge in [-0.2, -0.15) is 0 Å². The van der Waals surface area contributed by atoms with Crippen molar-refractivity contribution in [1.29, 1.82) is 0 Å². The molecular weight excluding hydrogens is 196 g/mol. The molecule has 15 heavy (non-hydrogen) atoms. The van der Waals surface area contributed by atoms with Crippen LogP contribution in [-0.2, 0) is 9.53 Å². The zero-order valence-electron chi connectivity index (χ0n) is 9.32. The number of ether oxygens (including phenoxy) is 1. The summed E-state index contributed by atoms with van der Waals surface area (Å²) in [5, 5.41) is 15.3. The molecule has 0 spiro atoms. The Morgan fingerprint density at radius 3 is 3.00 bits per heavy atom. The number of hydrogen-bond acceptors (Lipinski definition) is 4. The summed E-state index contributed by atoms with van der Waals surface area (Å²) in [6.07, 6.45) is 0.247. The summed E-state index contributed by atoms with van der Waals surface area (Å²) in [7, 11) is 1.52. The van der Waals surface area contributed by atoms with Crippen LogP contribution in [0.25, 0.3) is 0 Å². The Balaban J connectivity index is 2.23. The summed E-state index contributed by atoms with van der Waals surface area (Å²) in [5.74, 6) is 0.0439. The lowest BCUT2D eigenvalue weighted by molar-refractivity contribution is -0.125. The van der Waals surface area contributed by atoms with E-state index in [0.29, 0.717) is 0 Å². The van der Waals surface area contributed by atoms with Crippen LogP contribution in [0.5, 0.6) is 0 Å². The molecule has 1 aliphatic rings. The average molecular weight is 216 g/mol. The van der Waals surface area contributed by atoms with Crippen LogP contribution < -0.4 is 10.6 Å². The first kappa shape index (κ1) is 12.4. The van der Waals surface area contributed by atoms with Crippen LogP contribution in [0.3, 0.4) is 0 Å². The minimum atomic E-state index is -0.622. The first-order valence-corrected chi connectivity index (χ1v) is 5.33. The third-order valence-electron chi connectivity index (χ3n) is 2.73. The lowest BCUT2D eigenvalue weighted by atomic mass is 10.0. The smallest absolute Gasteiger partial charge is 0.224 e. The molecule has 3 N–H and O–H groups in total. The summed E-state index contributed by atoms with van der Waals surface area (Å²) in [4.78, 5) is 11.7. The van der Waals surface area contributed by atoms with E-state index in [9.17, 15) is 9.90 Å². The minimum absolute atomic E-state index is 0.0163. The van der Waals surface area contributed by atoms with Crippen LogP contribution in [0.1, 0.15) is 13.3 Å². The molecule has 1 aliphatic heterocycles. The summed E-state index contributed by atoms with van der Waals surface area (Å²) >= 11 is 0. The van der Waals surface area contributed by atoms with Gasteiger partial charge in [-0.05, 0) is 19.9 Å². The Morgan fingerprint density at radius 1 is 1.73 bits per heavy atom. The minimum Gasteiger partial charge on any atom is -0.389 e. The van der Waals surface area contributed by atoms with E-state index in [0.717, 1.165) is 13.0 Å². The normalized spacial score (nSPS) is 27.7. The third kappa shape index (κ3) is 3.77. The van der Waals surface area contributed by atoms with Crippen LogP contribution in [-0.4, -0.2) is 50.0 Å². The van der Waals surface area contributed by atoms with Gasteiger partial charge in [-0.15, -0.1) is 0 Å². The number of aliphatic hydroxyl groups excluding tert-OH is 1. The highest BCUT2D eigenvalue weighted by Crippen LogP contribution is 2.14. The maximum atomic E-state index is 11.7. The second-order valence-corrected chi connectivity index (χ2v) is 3.99. The molecule has 1 saturated heterocycles. The number of amides is 1. The zero-order chi connectivity index (χ0) is 11.3. The van der Waals surface area contributed by atoms with Crippen LogP contribution in [0, 0.1) is 5.92 Å². The van der Waals surface area contributed by atoms with Crippen molar-refractivity contribution in [2.75, 3.05) is 26.8 Å². The number of carbonyl (C=O) groups is 1. The molecule has 3 unspecified atom stereocenters. The molecule has 3 atom stereocenters. The molecule has 1 heterocycles. The monoisotopic (exact) mass is 216 g/mol. The van der Waals surface area contributed by atoms with Gasteiger partial charge in [0.25, 0.3) is 0 Å². The fraction of sp³-hybridized carbons (Fsp3) is 0.900. The Kier molecular flexibility index (Phi) is 5.01. The number of carbonyl (C=O) groups excluding carboxylic acids is 1. The van der Waals surface area contributed by atoms with E-state index in [1.807, 2.05) is 6.92 Å². The molecule has 88 valence electrons. The van der Waals surface area contributed by atoms with Crippen LogP contribution in [0.2, 0.25) is 0 Å². The molecule has 1 rings (SSSR count). The lowest BCUT2D eigenvalue weighted by Gasteiger charge is -2.16. The van der Waals surface area contributed by atoms with Crippen LogP contribution >= 0.6 is 0 Å². The second-order valence-electron chi connectivity index (χ2n) is 3.99. The molecule has 5 heteroatoms. The Bertz CT molecular complexity index is 211. The second kappa shape index (κ2) is 6.05. The molecule has 0 aromatic carbocycles. The zero-order valence-corrected chi connectivity index (χ0v) is 9.32. The molecule has 5 nitrogen and oxygen atoms in total. The molecule has 0 saturated carbocycles. The van der Waals surface area contributed by atoms with Gasteiger partial charge in [0.2, 0.25) is 5.91 Å². The van der Waals surface area contributed by atoms with E-state index in [-0.39, 0.29) is 31.0 Å². The van der Waals surface area contributed by atoms with Crippen molar-refractivity contribution in [2.45, 2.75) is 25.5 Å². The standard InChI is InChI=1S/C10H20N2O3/c1-7-9(3-4-11-7)10(14)12-5-8(13)6-15-2/h7-9,11,13H,3-6H2,1-2H3,(H,12,14). The van der Waals surface area contributed by atoms with E-state index in [1.165, 1.54) is 7.11 Å². The Morgan fingerprint density at radius 2 is 2.47 bits per heavy atom. The van der Waals surface area contributed by atoms with Gasteiger partial charge in [0, 0.05) is 19.7 Å². The number of aliphatic hydroxyl groups is 1. The molecule has 1 fully saturated rings. The topological polar surface area (TPSA) is 70.6 Å². The molecule has 0 aromatic rings. The SMILES string of the molecule is COCC(O)CNC(=O)C1CCNC1C. The molecular formula is C10H20N2O3. The van der Waals surface area contributed by atoms with E-state index in [1.54, 1.807) is 0 Å². The van der Waals surface area contributed by atoms with Gasteiger partial charge in [-0.3, -0.25) is 4.79 Å². The highest BCUT2D eigenvalue weighted by atomic mass is 16.5. The van der Waals surface area contributed by atoms with Crippen molar-refractivity contribution in [3.05, 3.63) is 0 Å². The molecule has 0 aliphatic carbocycles. The van der Waals surface area contributed by atoms with Crippen LogP contribution in [0.15, 0.2) is 0 Å². The van der Waals surface area contributed by atoms with Crippen molar-refractivity contribution in [3.8, 4) is 0 Å². The first-order valence-electron chi connectivity index (χ1n) is 5.33. The van der Waals surface area contributed by atoms with Gasteiger partial charge in [-0.1, -0.05) is 0 Å². The number of rotatable bonds is 5. The highest BCUT2D eigenvalue weighted by Gasteiger charge is 2.29. The van der Waals surface area contributed by atoms with E-state index in [4.69, 9.17) is 4.74 Å². The molecule has 1 amide bonds. The summed E-state index contributed by atoms with van der Waals surface area (Å²) in [6.45, 7) is 3.40. The van der Waals surface area contributed by atoms with Crippen molar-refractivity contribution in [2.24, 2.45) is 5.92 Å². The fourth-order valence-electron chi connectivity index (χ4n) is 1.82. The first-order chi connectivity index (χ1) is 7.15. The summed E-state index contributed by atoms with van der Waals surface area (Å²) in [6, 6.07) is 0.226. The third-order valence-corrected chi connectivity index (χ3v) is 2.73. The van der Waals surface area contributed by atoms with Gasteiger partial charge in [0.05, 0.1) is 18.6 Å². The van der Waals surface area contributed by atoms with E-state index >= 15 is 0 Å². The largest absolute Gasteiger partial charge is 0.389 e. The van der Waals surface area contributed by atoms with Gasteiger partial charge in [0.1, 0.15) is 0 Å². The van der Waals surface area contributed by atoms with Crippen molar-refractivity contribution in [3.63, 3.8) is 0 Å². The van der Waals surface area contributed by atoms with Gasteiger partial charge < -0.3 is 20.5 Å². The van der Waals surface area contributed by atoms with Gasteiger partial charge in [0.15, 0.2) is 0 Å². The molecule has 0 radical (unpaired) electrons. The predicted molar refractivity (Wildman–Crippen MR) is 56.5 cm³/mol. The lowest BCUT2D eigenvalue weighted by Crippen LogP contribution is -2.41. The highest BCUT2D eigenvalue weighted by molar-refractivity contribution is 5.79. The van der Waals surface area contributed by atoms with Crippen molar-refractivity contribution >= 4 is 5.91 Å².